The van der Waals surface area contributed by atoms with Crippen LogP contribution >= 0.6 is 0 Å². The summed E-state index contributed by atoms with van der Waals surface area (Å²) in [6.45, 7) is 1.36. The summed E-state index contributed by atoms with van der Waals surface area (Å²) in [7, 11) is 0. The Kier molecular flexibility index (Phi) is 3.86. The Bertz CT molecular complexity index is 448. The number of aliphatic hydroxyl groups excluding tert-OH is 1. The SMILES string of the molecule is CCOC(=O)c1cc(O)cc(C#N)c1CO. The Morgan fingerprint density at radius 3 is 2.75 bits per heavy atom. The number of carbonyl (C=O) groups excluding carboxylic acids is 1. The minimum Gasteiger partial charge on any atom is -0.508 e. The zero-order chi connectivity index (χ0) is 12.1. The summed E-state index contributed by atoms with van der Waals surface area (Å²) in [5.74, 6) is -0.879. The molecule has 0 bridgehead atoms. The fourth-order valence-electron chi connectivity index (χ4n) is 1.32. The van der Waals surface area contributed by atoms with Crippen molar-refractivity contribution in [2.45, 2.75) is 13.5 Å². The van der Waals surface area contributed by atoms with Gasteiger partial charge in [-0.3, -0.25) is 0 Å². The molecule has 0 aliphatic carbocycles. The number of hydrogen-bond donors (Lipinski definition) is 2. The van der Waals surface area contributed by atoms with Crippen LogP contribution in [0.15, 0.2) is 12.1 Å². The van der Waals surface area contributed by atoms with Crippen molar-refractivity contribution >= 4 is 5.97 Å². The van der Waals surface area contributed by atoms with Crippen LogP contribution in [0.5, 0.6) is 5.75 Å². The van der Waals surface area contributed by atoms with Crippen molar-refractivity contribution < 1.29 is 19.7 Å². The Balaban J connectivity index is 3.32. The summed E-state index contributed by atoms with van der Waals surface area (Å²) in [4.78, 5) is 11.5. The summed E-state index contributed by atoms with van der Waals surface area (Å²) >= 11 is 0. The zero-order valence-corrected chi connectivity index (χ0v) is 8.73. The first-order valence-electron chi connectivity index (χ1n) is 4.68. The van der Waals surface area contributed by atoms with Gasteiger partial charge in [0.15, 0.2) is 0 Å². The van der Waals surface area contributed by atoms with Gasteiger partial charge in [-0.25, -0.2) is 4.79 Å². The van der Waals surface area contributed by atoms with Crippen LogP contribution < -0.4 is 0 Å². The standard InChI is InChI=1S/C11H11NO4/c1-2-16-11(15)9-4-8(14)3-7(5-12)10(9)6-13/h3-4,13-14H,2,6H2,1H3. The Hall–Kier alpha value is -2.06. The fourth-order valence-corrected chi connectivity index (χ4v) is 1.32. The molecule has 1 aromatic carbocycles. The molecular weight excluding hydrogens is 210 g/mol. The van der Waals surface area contributed by atoms with Crippen LogP contribution in [0.4, 0.5) is 0 Å². The predicted octanol–water partition coefficient (Wildman–Crippen LogP) is 0.933. The molecule has 0 unspecified atom stereocenters. The van der Waals surface area contributed by atoms with Gasteiger partial charge in [0.05, 0.1) is 30.4 Å². The molecule has 0 aliphatic rings. The van der Waals surface area contributed by atoms with Crippen molar-refractivity contribution in [3.8, 4) is 11.8 Å². The van der Waals surface area contributed by atoms with E-state index >= 15 is 0 Å². The molecule has 0 saturated carbocycles. The van der Waals surface area contributed by atoms with Crippen molar-refractivity contribution in [1.29, 1.82) is 5.26 Å². The lowest BCUT2D eigenvalue weighted by atomic mass is 10.0. The van der Waals surface area contributed by atoms with E-state index in [0.717, 1.165) is 0 Å². The van der Waals surface area contributed by atoms with Crippen molar-refractivity contribution in [2.75, 3.05) is 6.61 Å². The predicted molar refractivity (Wildman–Crippen MR) is 54.7 cm³/mol. The maximum atomic E-state index is 11.5. The van der Waals surface area contributed by atoms with Gasteiger partial charge in [0.2, 0.25) is 0 Å². The number of hydrogen-bond acceptors (Lipinski definition) is 5. The largest absolute Gasteiger partial charge is 0.508 e. The Morgan fingerprint density at radius 1 is 1.56 bits per heavy atom. The van der Waals surface area contributed by atoms with E-state index in [1.54, 1.807) is 13.0 Å². The number of aromatic hydroxyl groups is 1. The first-order valence-corrected chi connectivity index (χ1v) is 4.68. The molecule has 16 heavy (non-hydrogen) atoms. The fraction of sp³-hybridized carbons (Fsp3) is 0.273. The molecule has 5 nitrogen and oxygen atoms in total. The normalized spacial score (nSPS) is 9.56. The minimum absolute atomic E-state index is 0.0147. The summed E-state index contributed by atoms with van der Waals surface area (Å²) in [5, 5.41) is 27.2. The number of rotatable bonds is 3. The van der Waals surface area contributed by atoms with E-state index < -0.39 is 12.6 Å². The number of nitriles is 1. The zero-order valence-electron chi connectivity index (χ0n) is 8.73. The maximum absolute atomic E-state index is 11.5. The number of nitrogens with zero attached hydrogens (tertiary/aromatic N) is 1. The average molecular weight is 221 g/mol. The molecule has 1 rings (SSSR count). The number of phenols is 1. The van der Waals surface area contributed by atoms with Gasteiger partial charge in [0.25, 0.3) is 0 Å². The lowest BCUT2D eigenvalue weighted by molar-refractivity contribution is 0.0522. The third-order valence-electron chi connectivity index (χ3n) is 2.01. The molecule has 5 heteroatoms. The molecule has 0 atom stereocenters. The summed E-state index contributed by atoms with van der Waals surface area (Å²) < 4.78 is 4.75. The van der Waals surface area contributed by atoms with Gasteiger partial charge in [-0.15, -0.1) is 0 Å². The molecule has 0 radical (unpaired) electrons. The van der Waals surface area contributed by atoms with Crippen LogP contribution in [0.1, 0.15) is 28.4 Å². The van der Waals surface area contributed by atoms with Crippen molar-refractivity contribution in [3.63, 3.8) is 0 Å². The molecule has 1 aromatic rings. The molecular formula is C11H11NO4. The van der Waals surface area contributed by atoms with Gasteiger partial charge < -0.3 is 14.9 Å². The average Bonchev–Trinajstić information content (AvgIpc) is 2.28. The smallest absolute Gasteiger partial charge is 0.338 e. The quantitative estimate of drug-likeness (QED) is 0.741. The van der Waals surface area contributed by atoms with Gasteiger partial charge in [0, 0.05) is 5.56 Å². The van der Waals surface area contributed by atoms with Crippen LogP contribution in [0.25, 0.3) is 0 Å². The van der Waals surface area contributed by atoms with Gasteiger partial charge in [0.1, 0.15) is 5.75 Å². The number of phenolic OH excluding ortho intramolecular Hbond substituents is 1. The molecule has 0 aliphatic heterocycles. The van der Waals surface area contributed by atoms with E-state index in [2.05, 4.69) is 0 Å². The highest BCUT2D eigenvalue weighted by Crippen LogP contribution is 2.22. The van der Waals surface area contributed by atoms with E-state index in [0.29, 0.717) is 0 Å². The molecule has 0 fully saturated rings. The second-order valence-corrected chi connectivity index (χ2v) is 3.01. The van der Waals surface area contributed by atoms with Crippen molar-refractivity contribution in [2.24, 2.45) is 0 Å². The highest BCUT2D eigenvalue weighted by molar-refractivity contribution is 5.92. The number of aliphatic hydroxyl groups is 1. The van der Waals surface area contributed by atoms with Gasteiger partial charge in [-0.2, -0.15) is 5.26 Å². The van der Waals surface area contributed by atoms with Crippen molar-refractivity contribution in [1.82, 2.24) is 0 Å². The Labute approximate surface area is 92.5 Å². The number of esters is 1. The summed E-state index contributed by atoms with van der Waals surface area (Å²) in [6, 6.07) is 4.16. The third kappa shape index (κ3) is 2.30. The molecule has 0 amide bonds. The van der Waals surface area contributed by atoms with E-state index in [1.807, 2.05) is 0 Å². The van der Waals surface area contributed by atoms with Crippen LogP contribution in [0.3, 0.4) is 0 Å². The molecule has 84 valence electrons. The molecule has 0 heterocycles. The topological polar surface area (TPSA) is 90.5 Å². The van der Waals surface area contributed by atoms with Gasteiger partial charge in [-0.05, 0) is 19.1 Å². The van der Waals surface area contributed by atoms with Crippen LogP contribution in [0, 0.1) is 11.3 Å². The number of ether oxygens (including phenoxy) is 1. The lowest BCUT2D eigenvalue weighted by Gasteiger charge is -2.08. The van der Waals surface area contributed by atoms with Crippen LogP contribution in [-0.2, 0) is 11.3 Å². The first kappa shape index (κ1) is 12.0. The highest BCUT2D eigenvalue weighted by Gasteiger charge is 2.17. The van der Waals surface area contributed by atoms with E-state index in [9.17, 15) is 9.90 Å². The second-order valence-electron chi connectivity index (χ2n) is 3.01. The summed E-state index contributed by atoms with van der Waals surface area (Å²) in [5.41, 5.74) is 0.241. The number of benzene rings is 1. The minimum atomic E-state index is -0.668. The van der Waals surface area contributed by atoms with E-state index in [-0.39, 0.29) is 29.0 Å². The third-order valence-corrected chi connectivity index (χ3v) is 2.01. The highest BCUT2D eigenvalue weighted by atomic mass is 16.5. The second kappa shape index (κ2) is 5.14. The van der Waals surface area contributed by atoms with Crippen LogP contribution in [0.2, 0.25) is 0 Å². The van der Waals surface area contributed by atoms with Crippen molar-refractivity contribution in [3.05, 3.63) is 28.8 Å². The monoisotopic (exact) mass is 221 g/mol. The van der Waals surface area contributed by atoms with E-state index in [4.69, 9.17) is 15.1 Å². The lowest BCUT2D eigenvalue weighted by Crippen LogP contribution is -2.09. The van der Waals surface area contributed by atoms with E-state index in [1.165, 1.54) is 12.1 Å². The number of carbonyl (C=O) groups is 1. The molecule has 2 N–H and O–H groups in total. The molecule has 0 spiro atoms. The maximum Gasteiger partial charge on any atom is 0.338 e. The molecule has 0 saturated heterocycles. The van der Waals surface area contributed by atoms with Crippen LogP contribution in [-0.4, -0.2) is 22.8 Å². The Morgan fingerprint density at radius 2 is 2.25 bits per heavy atom. The van der Waals surface area contributed by atoms with Gasteiger partial charge >= 0.3 is 5.97 Å². The molecule has 0 aromatic heterocycles. The van der Waals surface area contributed by atoms with Gasteiger partial charge in [-0.1, -0.05) is 0 Å². The summed E-state index contributed by atoms with van der Waals surface area (Å²) in [6.07, 6.45) is 0. The first-order chi connectivity index (χ1) is 7.63.